The Labute approximate surface area is 170 Å². The molecule has 1 N–H and O–H groups in total. The number of hydrogen-bond acceptors (Lipinski definition) is 4. The molecule has 0 spiro atoms. The van der Waals surface area contributed by atoms with E-state index in [9.17, 15) is 13.2 Å². The van der Waals surface area contributed by atoms with Crippen molar-refractivity contribution >= 4 is 21.6 Å². The normalized spacial score (nSPS) is 15.4. The maximum Gasteiger partial charge on any atom is 0.232 e. The molecule has 0 aliphatic carbocycles. The molecule has 0 bridgehead atoms. The molecule has 0 atom stereocenters. The van der Waals surface area contributed by atoms with Crippen molar-refractivity contribution in [3.05, 3.63) is 29.3 Å². The van der Waals surface area contributed by atoms with Gasteiger partial charge in [-0.05, 0) is 82.4 Å². The average Bonchev–Trinajstić information content (AvgIpc) is 2.61. The topological polar surface area (TPSA) is 69.7 Å². The number of carbonyl (C=O) groups excluding carboxylic acids is 1. The number of piperidine rings is 1. The summed E-state index contributed by atoms with van der Waals surface area (Å²) in [6.45, 7) is 8.28. The van der Waals surface area contributed by atoms with Crippen LogP contribution >= 0.6 is 0 Å². The predicted octanol–water partition coefficient (Wildman–Crippen LogP) is 2.84. The molecule has 0 unspecified atom stereocenters. The fraction of sp³-hybridized carbons (Fsp3) is 0.667. The summed E-state index contributed by atoms with van der Waals surface area (Å²) in [6, 6.07) is 5.75. The lowest BCUT2D eigenvalue weighted by Crippen LogP contribution is -2.34. The van der Waals surface area contributed by atoms with Crippen LogP contribution < -0.4 is 9.62 Å². The summed E-state index contributed by atoms with van der Waals surface area (Å²) in [6.07, 6.45) is 6.90. The summed E-state index contributed by atoms with van der Waals surface area (Å²) in [5.74, 6) is -0.00693. The van der Waals surface area contributed by atoms with Crippen LogP contribution in [0.3, 0.4) is 0 Å². The van der Waals surface area contributed by atoms with E-state index in [4.69, 9.17) is 0 Å². The van der Waals surface area contributed by atoms with Gasteiger partial charge in [-0.1, -0.05) is 12.5 Å². The monoisotopic (exact) mass is 409 g/mol. The van der Waals surface area contributed by atoms with Gasteiger partial charge in [0.2, 0.25) is 15.9 Å². The number of anilines is 1. The van der Waals surface area contributed by atoms with Gasteiger partial charge in [-0.3, -0.25) is 9.10 Å². The zero-order valence-electron chi connectivity index (χ0n) is 17.5. The van der Waals surface area contributed by atoms with Gasteiger partial charge in [-0.25, -0.2) is 8.42 Å². The smallest absolute Gasteiger partial charge is 0.232 e. The molecule has 6 nitrogen and oxygen atoms in total. The van der Waals surface area contributed by atoms with Gasteiger partial charge in [0.25, 0.3) is 0 Å². The standard InChI is InChI=1S/C21H35N3O3S/c1-18-15-19(2)17-20(16-18)24(28(3,26)27)14-7-9-21(25)22-10-8-13-23-11-5-4-6-12-23/h15-17H,4-14H2,1-3H3,(H,22,25). The van der Waals surface area contributed by atoms with Gasteiger partial charge < -0.3 is 10.2 Å². The van der Waals surface area contributed by atoms with E-state index in [0.717, 1.165) is 24.1 Å². The molecule has 1 fully saturated rings. The van der Waals surface area contributed by atoms with E-state index >= 15 is 0 Å². The fourth-order valence-electron chi connectivity index (χ4n) is 3.77. The van der Waals surface area contributed by atoms with Crippen LogP contribution in [-0.2, 0) is 14.8 Å². The molecule has 28 heavy (non-hydrogen) atoms. The zero-order chi connectivity index (χ0) is 20.6. The van der Waals surface area contributed by atoms with E-state index in [1.165, 1.54) is 42.9 Å². The van der Waals surface area contributed by atoms with Crippen LogP contribution in [0.4, 0.5) is 5.69 Å². The van der Waals surface area contributed by atoms with E-state index < -0.39 is 10.0 Å². The number of nitrogens with one attached hydrogen (secondary N) is 1. The van der Waals surface area contributed by atoms with E-state index in [-0.39, 0.29) is 5.91 Å². The van der Waals surface area contributed by atoms with Gasteiger partial charge >= 0.3 is 0 Å². The van der Waals surface area contributed by atoms with Gasteiger partial charge in [0.15, 0.2) is 0 Å². The van der Waals surface area contributed by atoms with Crippen molar-refractivity contribution < 1.29 is 13.2 Å². The highest BCUT2D eigenvalue weighted by atomic mass is 32.2. The summed E-state index contributed by atoms with van der Waals surface area (Å²) < 4.78 is 25.8. The quantitative estimate of drug-likeness (QED) is 0.603. The average molecular weight is 410 g/mol. The maximum atomic E-state index is 12.2. The van der Waals surface area contributed by atoms with Gasteiger partial charge in [0, 0.05) is 19.5 Å². The van der Waals surface area contributed by atoms with Crippen molar-refractivity contribution in [3.8, 4) is 0 Å². The Morgan fingerprint density at radius 3 is 2.32 bits per heavy atom. The lowest BCUT2D eigenvalue weighted by Gasteiger charge is -2.26. The van der Waals surface area contributed by atoms with Crippen molar-refractivity contribution in [1.29, 1.82) is 0 Å². The molecule has 0 saturated carbocycles. The summed E-state index contributed by atoms with van der Waals surface area (Å²) in [7, 11) is -3.39. The van der Waals surface area contributed by atoms with Crippen LogP contribution in [0.1, 0.15) is 49.7 Å². The van der Waals surface area contributed by atoms with Crippen molar-refractivity contribution in [2.75, 3.05) is 43.3 Å². The number of rotatable bonds is 10. The van der Waals surface area contributed by atoms with Crippen LogP contribution in [0.2, 0.25) is 0 Å². The molecule has 1 aromatic carbocycles. The third-order valence-electron chi connectivity index (χ3n) is 5.08. The van der Waals surface area contributed by atoms with Crippen LogP contribution in [0.5, 0.6) is 0 Å². The van der Waals surface area contributed by atoms with E-state index in [1.807, 2.05) is 32.0 Å². The Kier molecular flexibility index (Phi) is 8.76. The molecule has 1 saturated heterocycles. The molecule has 1 amide bonds. The molecule has 7 heteroatoms. The Morgan fingerprint density at radius 1 is 1.07 bits per heavy atom. The highest BCUT2D eigenvalue weighted by molar-refractivity contribution is 7.92. The molecule has 158 valence electrons. The molecule has 2 rings (SSSR count). The summed E-state index contributed by atoms with van der Waals surface area (Å²) >= 11 is 0. The van der Waals surface area contributed by atoms with Crippen LogP contribution in [0.15, 0.2) is 18.2 Å². The van der Waals surface area contributed by atoms with Gasteiger partial charge in [-0.2, -0.15) is 0 Å². The first kappa shape index (κ1) is 22.7. The minimum atomic E-state index is -3.39. The summed E-state index contributed by atoms with van der Waals surface area (Å²) in [4.78, 5) is 14.5. The number of aryl methyl sites for hydroxylation is 2. The number of benzene rings is 1. The number of nitrogens with zero attached hydrogens (tertiary/aromatic N) is 2. The molecular weight excluding hydrogens is 374 g/mol. The highest BCUT2D eigenvalue weighted by Crippen LogP contribution is 2.21. The lowest BCUT2D eigenvalue weighted by atomic mass is 10.1. The molecule has 0 aromatic heterocycles. The summed E-state index contributed by atoms with van der Waals surface area (Å²) in [5, 5.41) is 2.96. The largest absolute Gasteiger partial charge is 0.356 e. The molecule has 1 aliphatic rings. The third kappa shape index (κ3) is 7.80. The van der Waals surface area contributed by atoms with Gasteiger partial charge in [-0.15, -0.1) is 0 Å². The van der Waals surface area contributed by atoms with E-state index in [0.29, 0.717) is 31.6 Å². The first-order valence-corrected chi connectivity index (χ1v) is 12.2. The van der Waals surface area contributed by atoms with Crippen molar-refractivity contribution in [2.24, 2.45) is 0 Å². The number of sulfonamides is 1. The van der Waals surface area contributed by atoms with Crippen LogP contribution in [-0.4, -0.2) is 58.2 Å². The Balaban J connectivity index is 1.74. The second-order valence-corrected chi connectivity index (χ2v) is 9.80. The fourth-order valence-corrected chi connectivity index (χ4v) is 4.72. The van der Waals surface area contributed by atoms with Crippen LogP contribution in [0.25, 0.3) is 0 Å². The maximum absolute atomic E-state index is 12.2. The Morgan fingerprint density at radius 2 is 1.71 bits per heavy atom. The minimum absolute atomic E-state index is 0.00693. The second-order valence-electron chi connectivity index (χ2n) is 7.89. The highest BCUT2D eigenvalue weighted by Gasteiger charge is 2.18. The predicted molar refractivity (Wildman–Crippen MR) is 115 cm³/mol. The number of hydrogen-bond donors (Lipinski definition) is 1. The zero-order valence-corrected chi connectivity index (χ0v) is 18.4. The Hall–Kier alpha value is -1.60. The van der Waals surface area contributed by atoms with E-state index in [2.05, 4.69) is 10.2 Å². The number of carbonyl (C=O) groups is 1. The van der Waals surface area contributed by atoms with Gasteiger partial charge in [0.05, 0.1) is 11.9 Å². The van der Waals surface area contributed by atoms with Gasteiger partial charge in [0.1, 0.15) is 0 Å². The molecule has 1 aromatic rings. The number of likely N-dealkylation sites (tertiary alicyclic amines) is 1. The molecule has 0 radical (unpaired) electrons. The third-order valence-corrected chi connectivity index (χ3v) is 6.28. The van der Waals surface area contributed by atoms with E-state index in [1.54, 1.807) is 0 Å². The van der Waals surface area contributed by atoms with Crippen molar-refractivity contribution in [3.63, 3.8) is 0 Å². The van der Waals surface area contributed by atoms with Crippen molar-refractivity contribution in [1.82, 2.24) is 10.2 Å². The lowest BCUT2D eigenvalue weighted by molar-refractivity contribution is -0.121. The first-order valence-electron chi connectivity index (χ1n) is 10.3. The first-order chi connectivity index (χ1) is 13.3. The number of amides is 1. The molecule has 1 aliphatic heterocycles. The Bertz CT molecular complexity index is 723. The SMILES string of the molecule is Cc1cc(C)cc(N(CCCC(=O)NCCCN2CCCCC2)S(C)(=O)=O)c1. The minimum Gasteiger partial charge on any atom is -0.356 e. The van der Waals surface area contributed by atoms with Crippen molar-refractivity contribution in [2.45, 2.75) is 52.4 Å². The summed E-state index contributed by atoms with van der Waals surface area (Å²) in [5.41, 5.74) is 2.71. The second kappa shape index (κ2) is 10.8. The van der Waals surface area contributed by atoms with Crippen LogP contribution in [0, 0.1) is 13.8 Å². The molecule has 1 heterocycles. The molecular formula is C21H35N3O3S.